The molecule has 18 heavy (non-hydrogen) atoms. The molecule has 1 saturated heterocycles. The standard InChI is InChI=1S/C14H21NO2S/c1-14(2,3)17-13(16)15-8-5-4-6-12(15)11-7-9-18-10-11/h7,9-10,12H,4-6,8H2,1-3H3/t12-/m0/s1. The zero-order valence-electron chi connectivity index (χ0n) is 11.3. The van der Waals surface area contributed by atoms with Crippen molar-refractivity contribution in [3.8, 4) is 0 Å². The maximum atomic E-state index is 12.2. The predicted molar refractivity (Wildman–Crippen MR) is 73.9 cm³/mol. The van der Waals surface area contributed by atoms with Gasteiger partial charge in [0, 0.05) is 6.54 Å². The highest BCUT2D eigenvalue weighted by Gasteiger charge is 2.31. The fourth-order valence-corrected chi connectivity index (χ4v) is 2.99. The fraction of sp³-hybridized carbons (Fsp3) is 0.643. The first kappa shape index (κ1) is 13.4. The van der Waals surface area contributed by atoms with Gasteiger partial charge in [0.05, 0.1) is 6.04 Å². The number of piperidine rings is 1. The van der Waals surface area contributed by atoms with Gasteiger partial charge in [0.15, 0.2) is 0 Å². The Balaban J connectivity index is 2.11. The molecule has 1 atom stereocenters. The van der Waals surface area contributed by atoms with Gasteiger partial charge in [-0.3, -0.25) is 0 Å². The van der Waals surface area contributed by atoms with E-state index in [2.05, 4.69) is 16.8 Å². The number of thiophene rings is 1. The van der Waals surface area contributed by atoms with Crippen LogP contribution in [0.15, 0.2) is 16.8 Å². The SMILES string of the molecule is CC(C)(C)OC(=O)N1CCCC[C@H]1c1ccsc1. The van der Waals surface area contributed by atoms with Gasteiger partial charge < -0.3 is 9.64 Å². The van der Waals surface area contributed by atoms with E-state index in [-0.39, 0.29) is 12.1 Å². The van der Waals surface area contributed by atoms with E-state index in [1.165, 1.54) is 12.0 Å². The zero-order chi connectivity index (χ0) is 13.2. The molecule has 0 aliphatic carbocycles. The summed E-state index contributed by atoms with van der Waals surface area (Å²) in [7, 11) is 0. The van der Waals surface area contributed by atoms with E-state index in [0.29, 0.717) is 0 Å². The van der Waals surface area contributed by atoms with Crippen LogP contribution < -0.4 is 0 Å². The van der Waals surface area contributed by atoms with Gasteiger partial charge in [0.2, 0.25) is 0 Å². The molecule has 1 aliphatic heterocycles. The third kappa shape index (κ3) is 3.25. The maximum absolute atomic E-state index is 12.2. The van der Waals surface area contributed by atoms with Gasteiger partial charge >= 0.3 is 6.09 Å². The zero-order valence-corrected chi connectivity index (χ0v) is 12.1. The number of amides is 1. The lowest BCUT2D eigenvalue weighted by Crippen LogP contribution is -2.41. The molecular weight excluding hydrogens is 246 g/mol. The second kappa shape index (κ2) is 5.31. The molecule has 2 heterocycles. The number of hydrogen-bond acceptors (Lipinski definition) is 3. The van der Waals surface area contributed by atoms with Crippen LogP contribution in [0.5, 0.6) is 0 Å². The lowest BCUT2D eigenvalue weighted by Gasteiger charge is -2.36. The van der Waals surface area contributed by atoms with Gasteiger partial charge in [-0.2, -0.15) is 11.3 Å². The normalized spacial score (nSPS) is 20.8. The van der Waals surface area contributed by atoms with Crippen LogP contribution >= 0.6 is 11.3 Å². The van der Waals surface area contributed by atoms with Crippen LogP contribution in [0.25, 0.3) is 0 Å². The minimum atomic E-state index is -0.423. The summed E-state index contributed by atoms with van der Waals surface area (Å²) in [6.07, 6.45) is 3.11. The molecule has 0 spiro atoms. The molecular formula is C14H21NO2S. The highest BCUT2D eigenvalue weighted by molar-refractivity contribution is 7.07. The Hall–Kier alpha value is -1.03. The maximum Gasteiger partial charge on any atom is 0.410 e. The Morgan fingerprint density at radius 3 is 2.83 bits per heavy atom. The molecule has 4 heteroatoms. The molecule has 2 rings (SSSR count). The summed E-state index contributed by atoms with van der Waals surface area (Å²) in [4.78, 5) is 14.1. The van der Waals surface area contributed by atoms with Crippen LogP contribution in [-0.2, 0) is 4.74 Å². The quantitative estimate of drug-likeness (QED) is 0.762. The number of carbonyl (C=O) groups is 1. The summed E-state index contributed by atoms with van der Waals surface area (Å²) in [6.45, 7) is 6.53. The van der Waals surface area contributed by atoms with E-state index >= 15 is 0 Å². The molecule has 1 amide bonds. The first-order valence-electron chi connectivity index (χ1n) is 6.49. The summed E-state index contributed by atoms with van der Waals surface area (Å²) < 4.78 is 5.50. The number of nitrogens with zero attached hydrogens (tertiary/aromatic N) is 1. The van der Waals surface area contributed by atoms with Crippen LogP contribution in [0.4, 0.5) is 4.79 Å². The van der Waals surface area contributed by atoms with Crippen molar-refractivity contribution in [2.45, 2.75) is 51.7 Å². The minimum Gasteiger partial charge on any atom is -0.444 e. The number of ether oxygens (including phenoxy) is 1. The fourth-order valence-electron chi connectivity index (χ4n) is 2.28. The largest absolute Gasteiger partial charge is 0.444 e. The summed E-state index contributed by atoms with van der Waals surface area (Å²) in [5.74, 6) is 0. The Kier molecular flexibility index (Phi) is 3.95. The van der Waals surface area contributed by atoms with E-state index in [1.54, 1.807) is 11.3 Å². The minimum absolute atomic E-state index is 0.182. The van der Waals surface area contributed by atoms with Crippen LogP contribution in [0, 0.1) is 0 Å². The van der Waals surface area contributed by atoms with Crippen molar-refractivity contribution in [3.63, 3.8) is 0 Å². The molecule has 1 aromatic heterocycles. The smallest absolute Gasteiger partial charge is 0.410 e. The second-order valence-electron chi connectivity index (χ2n) is 5.74. The van der Waals surface area contributed by atoms with Gasteiger partial charge in [0.1, 0.15) is 5.60 Å². The average Bonchev–Trinajstić information content (AvgIpc) is 2.80. The third-order valence-corrected chi connectivity index (χ3v) is 3.76. The lowest BCUT2D eigenvalue weighted by atomic mass is 9.98. The topological polar surface area (TPSA) is 29.5 Å². The van der Waals surface area contributed by atoms with Crippen molar-refractivity contribution in [2.24, 2.45) is 0 Å². The van der Waals surface area contributed by atoms with Crippen molar-refractivity contribution < 1.29 is 9.53 Å². The number of carbonyl (C=O) groups excluding carboxylic acids is 1. The molecule has 100 valence electrons. The Morgan fingerprint density at radius 1 is 1.44 bits per heavy atom. The molecule has 1 fully saturated rings. The molecule has 1 aliphatic rings. The summed E-state index contributed by atoms with van der Waals surface area (Å²) in [5.41, 5.74) is 0.818. The summed E-state index contributed by atoms with van der Waals surface area (Å²) in [5, 5.41) is 4.20. The van der Waals surface area contributed by atoms with Crippen molar-refractivity contribution in [3.05, 3.63) is 22.4 Å². The summed E-state index contributed by atoms with van der Waals surface area (Å²) >= 11 is 1.68. The van der Waals surface area contributed by atoms with Crippen molar-refractivity contribution in [1.82, 2.24) is 4.90 Å². The van der Waals surface area contributed by atoms with Gasteiger partial charge in [-0.25, -0.2) is 4.79 Å². The van der Waals surface area contributed by atoms with Gasteiger partial charge in [-0.1, -0.05) is 0 Å². The van der Waals surface area contributed by atoms with Crippen molar-refractivity contribution >= 4 is 17.4 Å². The Morgan fingerprint density at radius 2 is 2.22 bits per heavy atom. The molecule has 0 unspecified atom stereocenters. The molecule has 0 saturated carbocycles. The lowest BCUT2D eigenvalue weighted by molar-refractivity contribution is 0.00956. The van der Waals surface area contributed by atoms with E-state index in [4.69, 9.17) is 4.74 Å². The molecule has 0 bridgehead atoms. The van der Waals surface area contributed by atoms with Crippen LogP contribution in [0.2, 0.25) is 0 Å². The Labute approximate surface area is 113 Å². The first-order chi connectivity index (χ1) is 8.47. The molecule has 1 aromatic rings. The van der Waals surface area contributed by atoms with Crippen LogP contribution in [0.1, 0.15) is 51.6 Å². The van der Waals surface area contributed by atoms with E-state index in [1.807, 2.05) is 25.7 Å². The molecule has 0 aromatic carbocycles. The van der Waals surface area contributed by atoms with Crippen molar-refractivity contribution in [2.75, 3.05) is 6.54 Å². The number of likely N-dealkylation sites (tertiary alicyclic amines) is 1. The summed E-state index contributed by atoms with van der Waals surface area (Å²) in [6, 6.07) is 2.30. The molecule has 0 radical (unpaired) electrons. The van der Waals surface area contributed by atoms with E-state index in [9.17, 15) is 4.79 Å². The second-order valence-corrected chi connectivity index (χ2v) is 6.52. The Bertz CT molecular complexity index is 394. The number of rotatable bonds is 1. The predicted octanol–water partition coefficient (Wildman–Crippen LogP) is 4.21. The number of hydrogen-bond donors (Lipinski definition) is 0. The average molecular weight is 267 g/mol. The van der Waals surface area contributed by atoms with Crippen LogP contribution in [-0.4, -0.2) is 23.1 Å². The van der Waals surface area contributed by atoms with Crippen molar-refractivity contribution in [1.29, 1.82) is 0 Å². The monoisotopic (exact) mass is 267 g/mol. The first-order valence-corrected chi connectivity index (χ1v) is 7.43. The highest BCUT2D eigenvalue weighted by atomic mass is 32.1. The van der Waals surface area contributed by atoms with Gasteiger partial charge in [-0.05, 0) is 62.4 Å². The van der Waals surface area contributed by atoms with E-state index < -0.39 is 5.60 Å². The third-order valence-electron chi connectivity index (χ3n) is 3.06. The molecule has 0 N–H and O–H groups in total. The van der Waals surface area contributed by atoms with Gasteiger partial charge in [-0.15, -0.1) is 0 Å². The van der Waals surface area contributed by atoms with Gasteiger partial charge in [0.25, 0.3) is 0 Å². The van der Waals surface area contributed by atoms with Crippen LogP contribution in [0.3, 0.4) is 0 Å². The van der Waals surface area contributed by atoms with E-state index in [0.717, 1.165) is 19.4 Å². The highest BCUT2D eigenvalue weighted by Crippen LogP contribution is 2.33. The molecule has 3 nitrogen and oxygen atoms in total.